The zero-order valence-electron chi connectivity index (χ0n) is 13.0. The number of benzene rings is 1. The molecule has 0 heterocycles. The molecule has 0 fully saturated rings. The number of nitrogens with zero attached hydrogens (tertiary/aromatic N) is 1. The minimum absolute atomic E-state index is 0.446. The summed E-state index contributed by atoms with van der Waals surface area (Å²) in [6, 6.07) is 8.88. The molecule has 1 aromatic rings. The van der Waals surface area contributed by atoms with E-state index < -0.39 is 0 Å². The molecule has 1 aromatic carbocycles. The average molecular weight is 280 g/mol. The molecule has 0 radical (unpaired) electrons. The van der Waals surface area contributed by atoms with Crippen LogP contribution in [0.5, 0.6) is 0 Å². The highest BCUT2D eigenvalue weighted by Crippen LogP contribution is 2.17. The number of hydrogen-bond acceptors (Lipinski definition) is 4. The third kappa shape index (κ3) is 5.90. The van der Waals surface area contributed by atoms with Gasteiger partial charge >= 0.3 is 0 Å². The monoisotopic (exact) mass is 280 g/mol. The van der Waals surface area contributed by atoms with Crippen molar-refractivity contribution in [2.45, 2.75) is 32.9 Å². The summed E-state index contributed by atoms with van der Waals surface area (Å²) >= 11 is 0. The van der Waals surface area contributed by atoms with Crippen LogP contribution in [0.1, 0.15) is 25.8 Å². The maximum absolute atomic E-state index is 5.64. The Kier molecular flexibility index (Phi) is 8.26. The molecule has 0 spiro atoms. The lowest BCUT2D eigenvalue weighted by Crippen LogP contribution is -2.34. The van der Waals surface area contributed by atoms with Crippen molar-refractivity contribution >= 4 is 5.69 Å². The molecule has 4 nitrogen and oxygen atoms in total. The van der Waals surface area contributed by atoms with E-state index in [1.807, 2.05) is 0 Å². The van der Waals surface area contributed by atoms with Crippen molar-refractivity contribution < 1.29 is 9.47 Å². The van der Waals surface area contributed by atoms with Gasteiger partial charge in [-0.25, -0.2) is 0 Å². The van der Waals surface area contributed by atoms with Crippen molar-refractivity contribution in [3.63, 3.8) is 0 Å². The standard InChI is InChI=1S/C16H28N2O2/c1-14(2)18(9-12-20-11-4-10-19-3)16-7-5-15(13-17)6-8-16/h5-8,14H,4,9-13,17H2,1-3H3. The van der Waals surface area contributed by atoms with Gasteiger partial charge in [0.2, 0.25) is 0 Å². The molecule has 0 aliphatic heterocycles. The van der Waals surface area contributed by atoms with Gasteiger partial charge in [-0.2, -0.15) is 0 Å². The highest BCUT2D eigenvalue weighted by atomic mass is 16.5. The Hall–Kier alpha value is -1.10. The lowest BCUT2D eigenvalue weighted by atomic mass is 10.1. The van der Waals surface area contributed by atoms with Gasteiger partial charge in [0, 0.05) is 45.1 Å². The van der Waals surface area contributed by atoms with Crippen LogP contribution in [0.15, 0.2) is 24.3 Å². The van der Waals surface area contributed by atoms with E-state index in [9.17, 15) is 0 Å². The van der Waals surface area contributed by atoms with Gasteiger partial charge in [0.25, 0.3) is 0 Å². The summed E-state index contributed by atoms with van der Waals surface area (Å²) in [5.41, 5.74) is 8.01. The first kappa shape index (κ1) is 17.0. The molecule has 114 valence electrons. The molecule has 0 saturated heterocycles. The molecule has 0 bridgehead atoms. The zero-order chi connectivity index (χ0) is 14.8. The number of methoxy groups -OCH3 is 1. The minimum Gasteiger partial charge on any atom is -0.385 e. The Bertz CT molecular complexity index is 352. The molecular formula is C16H28N2O2. The number of anilines is 1. The Morgan fingerprint density at radius 3 is 2.35 bits per heavy atom. The average Bonchev–Trinajstić information content (AvgIpc) is 2.46. The van der Waals surface area contributed by atoms with Gasteiger partial charge < -0.3 is 20.1 Å². The molecule has 20 heavy (non-hydrogen) atoms. The topological polar surface area (TPSA) is 47.7 Å². The highest BCUT2D eigenvalue weighted by molar-refractivity contribution is 5.48. The second-order valence-electron chi connectivity index (χ2n) is 5.12. The predicted molar refractivity (Wildman–Crippen MR) is 84.1 cm³/mol. The zero-order valence-corrected chi connectivity index (χ0v) is 13.0. The lowest BCUT2D eigenvalue weighted by Gasteiger charge is -2.29. The molecule has 4 heteroatoms. The van der Waals surface area contributed by atoms with Gasteiger partial charge in [0.1, 0.15) is 0 Å². The number of ether oxygens (including phenoxy) is 2. The normalized spacial score (nSPS) is 11.1. The van der Waals surface area contributed by atoms with Crippen LogP contribution in [0.25, 0.3) is 0 Å². The van der Waals surface area contributed by atoms with Crippen LogP contribution < -0.4 is 10.6 Å². The van der Waals surface area contributed by atoms with Crippen molar-refractivity contribution in [3.8, 4) is 0 Å². The van der Waals surface area contributed by atoms with E-state index in [0.717, 1.165) is 38.3 Å². The fourth-order valence-corrected chi connectivity index (χ4v) is 2.08. The first-order valence-corrected chi connectivity index (χ1v) is 7.31. The maximum Gasteiger partial charge on any atom is 0.0641 e. The smallest absolute Gasteiger partial charge is 0.0641 e. The highest BCUT2D eigenvalue weighted by Gasteiger charge is 2.10. The van der Waals surface area contributed by atoms with Crippen LogP contribution in [0.3, 0.4) is 0 Å². The van der Waals surface area contributed by atoms with Crippen LogP contribution in [-0.2, 0) is 16.0 Å². The number of nitrogens with two attached hydrogens (primary N) is 1. The minimum atomic E-state index is 0.446. The summed E-state index contributed by atoms with van der Waals surface area (Å²) in [6.45, 7) is 8.13. The van der Waals surface area contributed by atoms with E-state index in [1.165, 1.54) is 5.69 Å². The fraction of sp³-hybridized carbons (Fsp3) is 0.625. The van der Waals surface area contributed by atoms with Crippen LogP contribution in [-0.4, -0.2) is 39.5 Å². The molecule has 1 rings (SSSR count). The largest absolute Gasteiger partial charge is 0.385 e. The van der Waals surface area contributed by atoms with E-state index >= 15 is 0 Å². The first-order valence-electron chi connectivity index (χ1n) is 7.31. The molecule has 0 aromatic heterocycles. The van der Waals surface area contributed by atoms with E-state index in [1.54, 1.807) is 7.11 Å². The lowest BCUT2D eigenvalue weighted by molar-refractivity contribution is 0.106. The van der Waals surface area contributed by atoms with Crippen molar-refractivity contribution in [2.24, 2.45) is 5.73 Å². The second-order valence-corrected chi connectivity index (χ2v) is 5.12. The number of hydrogen-bond donors (Lipinski definition) is 1. The fourth-order valence-electron chi connectivity index (χ4n) is 2.08. The Labute approximate surface area is 122 Å². The van der Waals surface area contributed by atoms with Gasteiger partial charge in [-0.1, -0.05) is 12.1 Å². The van der Waals surface area contributed by atoms with E-state index in [4.69, 9.17) is 15.2 Å². The Morgan fingerprint density at radius 2 is 1.80 bits per heavy atom. The summed E-state index contributed by atoms with van der Waals surface area (Å²) < 4.78 is 10.6. The first-order chi connectivity index (χ1) is 9.69. The van der Waals surface area contributed by atoms with Crippen molar-refractivity contribution in [1.29, 1.82) is 0 Å². The van der Waals surface area contributed by atoms with Crippen molar-refractivity contribution in [2.75, 3.05) is 38.4 Å². The van der Waals surface area contributed by atoms with Gasteiger partial charge in [-0.15, -0.1) is 0 Å². The molecular weight excluding hydrogens is 252 g/mol. The quantitative estimate of drug-likeness (QED) is 0.669. The third-order valence-electron chi connectivity index (χ3n) is 3.24. The van der Waals surface area contributed by atoms with Gasteiger partial charge in [0.05, 0.1) is 6.61 Å². The molecule has 0 saturated carbocycles. The molecule has 0 unspecified atom stereocenters. The maximum atomic E-state index is 5.64. The summed E-state index contributed by atoms with van der Waals surface area (Å²) in [5.74, 6) is 0. The Morgan fingerprint density at radius 1 is 1.10 bits per heavy atom. The summed E-state index contributed by atoms with van der Waals surface area (Å²) in [7, 11) is 1.71. The second kappa shape index (κ2) is 9.75. The van der Waals surface area contributed by atoms with Crippen LogP contribution >= 0.6 is 0 Å². The molecule has 0 amide bonds. The van der Waals surface area contributed by atoms with E-state index in [2.05, 4.69) is 43.0 Å². The van der Waals surface area contributed by atoms with Crippen LogP contribution in [0, 0.1) is 0 Å². The van der Waals surface area contributed by atoms with E-state index in [0.29, 0.717) is 12.6 Å². The molecule has 2 N–H and O–H groups in total. The Balaban J connectivity index is 2.43. The van der Waals surface area contributed by atoms with Crippen molar-refractivity contribution in [3.05, 3.63) is 29.8 Å². The SMILES string of the molecule is COCCCOCCN(c1ccc(CN)cc1)C(C)C. The molecule has 0 atom stereocenters. The van der Waals surface area contributed by atoms with Crippen LogP contribution in [0.4, 0.5) is 5.69 Å². The number of rotatable bonds is 10. The summed E-state index contributed by atoms with van der Waals surface area (Å²) in [4.78, 5) is 2.34. The van der Waals surface area contributed by atoms with Gasteiger partial charge in [-0.3, -0.25) is 0 Å². The van der Waals surface area contributed by atoms with Gasteiger partial charge in [0.15, 0.2) is 0 Å². The molecule has 0 aliphatic carbocycles. The molecule has 0 aliphatic rings. The van der Waals surface area contributed by atoms with Gasteiger partial charge in [-0.05, 0) is 38.0 Å². The summed E-state index contributed by atoms with van der Waals surface area (Å²) in [6.07, 6.45) is 0.948. The summed E-state index contributed by atoms with van der Waals surface area (Å²) in [5, 5.41) is 0. The predicted octanol–water partition coefficient (Wildman–Crippen LogP) is 2.41. The van der Waals surface area contributed by atoms with E-state index in [-0.39, 0.29) is 0 Å². The third-order valence-corrected chi connectivity index (χ3v) is 3.24. The van der Waals surface area contributed by atoms with Crippen molar-refractivity contribution in [1.82, 2.24) is 0 Å². The van der Waals surface area contributed by atoms with Crippen LogP contribution in [0.2, 0.25) is 0 Å².